The van der Waals surface area contributed by atoms with E-state index in [-0.39, 0.29) is 16.8 Å². The maximum absolute atomic E-state index is 12.1. The van der Waals surface area contributed by atoms with Gasteiger partial charge in [0.2, 0.25) is 0 Å². The number of aromatic nitrogens is 5. The van der Waals surface area contributed by atoms with Gasteiger partial charge in [-0.2, -0.15) is 5.10 Å². The van der Waals surface area contributed by atoms with Crippen molar-refractivity contribution in [3.05, 3.63) is 46.8 Å². The van der Waals surface area contributed by atoms with Crippen LogP contribution in [0.2, 0.25) is 5.15 Å². The average molecular weight is 385 g/mol. The number of carbonyl (C=O) groups excluding carboxylic acids is 1. The molecule has 0 saturated heterocycles. The van der Waals surface area contributed by atoms with Crippen LogP contribution in [0.25, 0.3) is 5.69 Å². The molecule has 0 unspecified atom stereocenters. The van der Waals surface area contributed by atoms with Crippen LogP contribution in [0.4, 0.5) is 17.1 Å². The van der Waals surface area contributed by atoms with Gasteiger partial charge in [0.25, 0.3) is 5.91 Å². The van der Waals surface area contributed by atoms with Crippen LogP contribution in [-0.2, 0) is 6.54 Å². The minimum Gasteiger partial charge on any atom is -0.364 e. The fourth-order valence-corrected chi connectivity index (χ4v) is 3.29. The first-order chi connectivity index (χ1) is 13.0. The molecule has 4 rings (SSSR count). The summed E-state index contributed by atoms with van der Waals surface area (Å²) in [6, 6.07) is 7.39. The molecule has 0 bridgehead atoms. The number of benzene rings is 1. The maximum Gasteiger partial charge on any atom is 0.273 e. The van der Waals surface area contributed by atoms with Crippen molar-refractivity contribution in [3.8, 4) is 5.69 Å². The summed E-state index contributed by atoms with van der Waals surface area (Å²) >= 11 is 5.99. The minimum atomic E-state index is -0.353. The Morgan fingerprint density at radius 1 is 1.26 bits per heavy atom. The molecule has 1 aliphatic heterocycles. The van der Waals surface area contributed by atoms with Crippen LogP contribution >= 0.6 is 11.6 Å². The number of carbonyl (C=O) groups is 1. The van der Waals surface area contributed by atoms with Gasteiger partial charge < -0.3 is 15.5 Å². The lowest BCUT2D eigenvalue weighted by molar-refractivity contribution is 0.0958. The molecule has 138 valence electrons. The van der Waals surface area contributed by atoms with E-state index in [2.05, 4.69) is 35.8 Å². The van der Waals surface area contributed by atoms with Crippen molar-refractivity contribution in [1.82, 2.24) is 30.3 Å². The topological polar surface area (TPSA) is 101 Å². The second-order valence-corrected chi connectivity index (χ2v) is 6.54. The molecule has 0 fully saturated rings. The zero-order chi connectivity index (χ0) is 19.1. The van der Waals surface area contributed by atoms with Crippen molar-refractivity contribution in [2.75, 3.05) is 24.3 Å². The molecule has 0 atom stereocenters. The molecular formula is C17H17ClN8O. The first kappa shape index (κ1) is 17.2. The summed E-state index contributed by atoms with van der Waals surface area (Å²) in [6.45, 7) is 2.48. The Balaban J connectivity index is 1.82. The number of nitrogens with one attached hydrogen (secondary N) is 2. The predicted octanol–water partition coefficient (Wildman–Crippen LogP) is 2.07. The quantitative estimate of drug-likeness (QED) is 0.712. The largest absolute Gasteiger partial charge is 0.364 e. The molecule has 0 aliphatic carbocycles. The summed E-state index contributed by atoms with van der Waals surface area (Å²) < 4.78 is 1.84. The number of para-hydroxylation sites is 1. The van der Waals surface area contributed by atoms with E-state index in [1.165, 1.54) is 7.05 Å². The highest BCUT2D eigenvalue weighted by molar-refractivity contribution is 6.29. The number of hydrogen-bond donors (Lipinski definition) is 2. The van der Waals surface area contributed by atoms with Crippen LogP contribution in [0.3, 0.4) is 0 Å². The zero-order valence-corrected chi connectivity index (χ0v) is 15.7. The Bertz CT molecular complexity index is 1050. The van der Waals surface area contributed by atoms with Crippen molar-refractivity contribution >= 4 is 34.6 Å². The van der Waals surface area contributed by atoms with E-state index in [1.54, 1.807) is 6.07 Å². The molecule has 0 radical (unpaired) electrons. The van der Waals surface area contributed by atoms with E-state index < -0.39 is 0 Å². The maximum atomic E-state index is 12.1. The van der Waals surface area contributed by atoms with Gasteiger partial charge in [0.15, 0.2) is 16.7 Å². The highest BCUT2D eigenvalue weighted by Gasteiger charge is 2.25. The van der Waals surface area contributed by atoms with Crippen molar-refractivity contribution in [2.24, 2.45) is 0 Å². The van der Waals surface area contributed by atoms with Gasteiger partial charge in [-0.25, -0.2) is 9.67 Å². The van der Waals surface area contributed by atoms with Crippen LogP contribution in [-0.4, -0.2) is 45.0 Å². The highest BCUT2D eigenvalue weighted by Crippen LogP contribution is 2.38. The van der Waals surface area contributed by atoms with Crippen molar-refractivity contribution in [2.45, 2.75) is 13.5 Å². The summed E-state index contributed by atoms with van der Waals surface area (Å²) in [6.07, 6.45) is 0. The molecule has 9 nitrogen and oxygen atoms in total. The zero-order valence-electron chi connectivity index (χ0n) is 15.0. The first-order valence-electron chi connectivity index (χ1n) is 8.27. The number of amides is 1. The standard InChI is InChI=1S/C17H17ClN8O/c1-9-20-14-8-25(3)16-10(5-4-6-12(16)26(14)24-9)21-11-7-13(18)22-23-15(11)17(27)19-2/h4-7H,8H2,1-3H3,(H,19,27)(H,21,22). The number of hydrogen-bond acceptors (Lipinski definition) is 7. The van der Waals surface area contributed by atoms with E-state index in [0.29, 0.717) is 12.2 Å². The SMILES string of the molecule is CNC(=O)c1nnc(Cl)cc1Nc1cccc2c1N(C)Cc1nc(C)nn1-2. The van der Waals surface area contributed by atoms with E-state index in [0.717, 1.165) is 28.7 Å². The third kappa shape index (κ3) is 2.95. The van der Waals surface area contributed by atoms with Crippen LogP contribution in [0, 0.1) is 6.92 Å². The van der Waals surface area contributed by atoms with Gasteiger partial charge in [0.05, 0.1) is 29.3 Å². The van der Waals surface area contributed by atoms with Gasteiger partial charge in [0, 0.05) is 20.2 Å². The third-order valence-electron chi connectivity index (χ3n) is 4.26. The molecule has 1 aromatic carbocycles. The molecule has 0 saturated carbocycles. The summed E-state index contributed by atoms with van der Waals surface area (Å²) in [7, 11) is 3.52. The monoisotopic (exact) mass is 384 g/mol. The van der Waals surface area contributed by atoms with Gasteiger partial charge in [-0.3, -0.25) is 4.79 Å². The van der Waals surface area contributed by atoms with Gasteiger partial charge >= 0.3 is 0 Å². The van der Waals surface area contributed by atoms with Crippen LogP contribution in [0.1, 0.15) is 22.1 Å². The van der Waals surface area contributed by atoms with Gasteiger partial charge in [0.1, 0.15) is 5.82 Å². The Morgan fingerprint density at radius 3 is 2.85 bits per heavy atom. The summed E-state index contributed by atoms with van der Waals surface area (Å²) in [5, 5.41) is 18.2. The fraction of sp³-hybridized carbons (Fsp3) is 0.235. The van der Waals surface area contributed by atoms with Gasteiger partial charge in [-0.05, 0) is 19.1 Å². The summed E-state index contributed by atoms with van der Waals surface area (Å²) in [5.41, 5.74) is 3.26. The highest BCUT2D eigenvalue weighted by atomic mass is 35.5. The van der Waals surface area contributed by atoms with Crippen molar-refractivity contribution in [1.29, 1.82) is 0 Å². The number of halogens is 1. The molecule has 1 amide bonds. The fourth-order valence-electron chi connectivity index (χ4n) is 3.14. The number of aryl methyl sites for hydroxylation is 1. The molecular weight excluding hydrogens is 368 g/mol. The lowest BCUT2D eigenvalue weighted by atomic mass is 10.1. The van der Waals surface area contributed by atoms with Gasteiger partial charge in [-0.15, -0.1) is 10.2 Å². The van der Waals surface area contributed by atoms with Crippen LogP contribution in [0.5, 0.6) is 0 Å². The minimum absolute atomic E-state index is 0.162. The Hall–Kier alpha value is -3.20. The third-order valence-corrected chi connectivity index (χ3v) is 4.44. The van der Waals surface area contributed by atoms with Crippen LogP contribution < -0.4 is 15.5 Å². The van der Waals surface area contributed by atoms with Crippen molar-refractivity contribution in [3.63, 3.8) is 0 Å². The number of anilines is 3. The molecule has 2 N–H and O–H groups in total. The average Bonchev–Trinajstić information content (AvgIpc) is 3.01. The molecule has 2 aromatic heterocycles. The van der Waals surface area contributed by atoms with E-state index in [1.807, 2.05) is 36.9 Å². The van der Waals surface area contributed by atoms with Gasteiger partial charge in [-0.1, -0.05) is 17.7 Å². The molecule has 1 aliphatic rings. The number of nitrogens with zero attached hydrogens (tertiary/aromatic N) is 6. The van der Waals surface area contributed by atoms with E-state index >= 15 is 0 Å². The van der Waals surface area contributed by atoms with E-state index in [4.69, 9.17) is 11.6 Å². The molecule has 3 aromatic rings. The molecule has 10 heteroatoms. The molecule has 3 heterocycles. The number of fused-ring (bicyclic) bond motifs is 3. The Kier molecular flexibility index (Phi) is 4.15. The van der Waals surface area contributed by atoms with E-state index in [9.17, 15) is 4.79 Å². The van der Waals surface area contributed by atoms with Crippen molar-refractivity contribution < 1.29 is 4.79 Å². The second-order valence-electron chi connectivity index (χ2n) is 6.15. The predicted molar refractivity (Wildman–Crippen MR) is 102 cm³/mol. The van der Waals surface area contributed by atoms with Crippen LogP contribution in [0.15, 0.2) is 24.3 Å². The molecule has 0 spiro atoms. The molecule has 27 heavy (non-hydrogen) atoms. The second kappa shape index (κ2) is 6.51. The Morgan fingerprint density at radius 2 is 2.07 bits per heavy atom. The summed E-state index contributed by atoms with van der Waals surface area (Å²) in [4.78, 5) is 18.7. The summed E-state index contributed by atoms with van der Waals surface area (Å²) in [5.74, 6) is 1.24. The normalized spacial score (nSPS) is 12.4. The first-order valence-corrected chi connectivity index (χ1v) is 8.65. The lowest BCUT2D eigenvalue weighted by Crippen LogP contribution is -2.27. The smallest absolute Gasteiger partial charge is 0.273 e. The number of rotatable bonds is 3. The lowest BCUT2D eigenvalue weighted by Gasteiger charge is -2.29. The Labute approximate surface area is 160 Å².